The molecule has 2 aliphatic heterocycles. The van der Waals surface area contributed by atoms with Crippen LogP contribution in [0.15, 0.2) is 55.0 Å². The molecule has 228 valence electrons. The number of benzene rings is 2. The SMILES string of the molecule is CC(C)c1ccccc1-c1cc(F)ccc1Oc1cncnc1N1CCC2(CCN(CC3CCC(OC(N)=O)CC3)C2)C1. The maximum Gasteiger partial charge on any atom is 0.404 e. The average molecular weight is 588 g/mol. The molecule has 6 rings (SSSR count). The van der Waals surface area contributed by atoms with Crippen molar-refractivity contribution in [2.45, 2.75) is 64.4 Å². The zero-order chi connectivity index (χ0) is 30.0. The van der Waals surface area contributed by atoms with Crippen molar-refractivity contribution in [2.75, 3.05) is 37.6 Å². The van der Waals surface area contributed by atoms with E-state index in [0.29, 0.717) is 17.4 Å². The second kappa shape index (κ2) is 12.5. The second-order valence-corrected chi connectivity index (χ2v) is 12.9. The van der Waals surface area contributed by atoms with Gasteiger partial charge in [0, 0.05) is 37.2 Å². The van der Waals surface area contributed by atoms with Gasteiger partial charge in [0.2, 0.25) is 0 Å². The largest absolute Gasteiger partial charge is 0.451 e. The number of ether oxygens (including phenoxy) is 2. The summed E-state index contributed by atoms with van der Waals surface area (Å²) in [5, 5.41) is 0. The summed E-state index contributed by atoms with van der Waals surface area (Å²) >= 11 is 0. The van der Waals surface area contributed by atoms with Crippen molar-refractivity contribution < 1.29 is 18.7 Å². The molecule has 3 aromatic rings. The predicted molar refractivity (Wildman–Crippen MR) is 165 cm³/mol. The molecule has 1 unspecified atom stereocenters. The third-order valence-electron chi connectivity index (χ3n) is 9.54. The lowest BCUT2D eigenvalue weighted by Crippen LogP contribution is -2.35. The van der Waals surface area contributed by atoms with E-state index in [0.717, 1.165) is 87.3 Å². The van der Waals surface area contributed by atoms with E-state index in [9.17, 15) is 9.18 Å². The van der Waals surface area contributed by atoms with E-state index >= 15 is 0 Å². The van der Waals surface area contributed by atoms with Crippen molar-refractivity contribution in [3.8, 4) is 22.6 Å². The molecule has 3 heterocycles. The molecule has 1 aliphatic carbocycles. The number of nitrogens with zero attached hydrogens (tertiary/aromatic N) is 4. The first-order valence-corrected chi connectivity index (χ1v) is 15.6. The topological polar surface area (TPSA) is 93.8 Å². The number of amides is 1. The molecule has 1 spiro atoms. The monoisotopic (exact) mass is 587 g/mol. The summed E-state index contributed by atoms with van der Waals surface area (Å²) in [5.74, 6) is 2.56. The van der Waals surface area contributed by atoms with Crippen LogP contribution < -0.4 is 15.4 Å². The highest BCUT2D eigenvalue weighted by Gasteiger charge is 2.44. The third-order valence-corrected chi connectivity index (χ3v) is 9.54. The molecule has 3 aliphatic rings. The number of hydrogen-bond donors (Lipinski definition) is 1. The van der Waals surface area contributed by atoms with E-state index in [1.807, 2.05) is 18.2 Å². The lowest BCUT2D eigenvalue weighted by atomic mass is 9.86. The number of halogens is 1. The Hall–Kier alpha value is -3.72. The van der Waals surface area contributed by atoms with Gasteiger partial charge in [-0.2, -0.15) is 0 Å². The van der Waals surface area contributed by atoms with Crippen LogP contribution in [0.3, 0.4) is 0 Å². The van der Waals surface area contributed by atoms with Crippen LogP contribution in [-0.2, 0) is 4.74 Å². The zero-order valence-electron chi connectivity index (χ0n) is 25.2. The fraction of sp³-hybridized carbons (Fsp3) is 0.500. The molecule has 9 heteroatoms. The molecule has 1 aromatic heterocycles. The number of carbonyl (C=O) groups excluding carboxylic acids is 1. The Bertz CT molecular complexity index is 1440. The Kier molecular flexibility index (Phi) is 8.52. The molecule has 0 radical (unpaired) electrons. The molecule has 1 saturated carbocycles. The summed E-state index contributed by atoms with van der Waals surface area (Å²) in [6.07, 6.45) is 8.81. The van der Waals surface area contributed by atoms with Crippen LogP contribution in [0.5, 0.6) is 11.5 Å². The molecule has 43 heavy (non-hydrogen) atoms. The van der Waals surface area contributed by atoms with Crippen molar-refractivity contribution in [3.63, 3.8) is 0 Å². The molecule has 2 saturated heterocycles. The summed E-state index contributed by atoms with van der Waals surface area (Å²) in [7, 11) is 0. The molecule has 2 N–H and O–H groups in total. The minimum absolute atomic E-state index is 0.0257. The van der Waals surface area contributed by atoms with Crippen molar-refractivity contribution in [1.82, 2.24) is 14.9 Å². The number of primary amides is 1. The summed E-state index contributed by atoms with van der Waals surface area (Å²) in [4.78, 5) is 25.0. The zero-order valence-corrected chi connectivity index (χ0v) is 25.2. The number of carbonyl (C=O) groups is 1. The lowest BCUT2D eigenvalue weighted by molar-refractivity contribution is 0.0649. The van der Waals surface area contributed by atoms with Gasteiger partial charge in [-0.25, -0.2) is 19.2 Å². The number of aromatic nitrogens is 2. The van der Waals surface area contributed by atoms with E-state index < -0.39 is 6.09 Å². The number of rotatable bonds is 8. The Labute approximate surface area is 253 Å². The minimum atomic E-state index is -0.664. The maximum atomic E-state index is 14.5. The average Bonchev–Trinajstić information content (AvgIpc) is 3.60. The van der Waals surface area contributed by atoms with Crippen LogP contribution >= 0.6 is 0 Å². The first-order chi connectivity index (χ1) is 20.8. The van der Waals surface area contributed by atoms with Crippen molar-refractivity contribution in [3.05, 3.63) is 66.4 Å². The van der Waals surface area contributed by atoms with Crippen LogP contribution in [-0.4, -0.2) is 59.8 Å². The van der Waals surface area contributed by atoms with Crippen molar-refractivity contribution in [2.24, 2.45) is 17.1 Å². The Morgan fingerprint density at radius 1 is 1.05 bits per heavy atom. The van der Waals surface area contributed by atoms with Gasteiger partial charge < -0.3 is 25.0 Å². The quantitative estimate of drug-likeness (QED) is 0.311. The van der Waals surface area contributed by atoms with Crippen LogP contribution in [0.25, 0.3) is 11.1 Å². The van der Waals surface area contributed by atoms with Gasteiger partial charge in [-0.05, 0) is 86.2 Å². The molecule has 2 aromatic carbocycles. The maximum absolute atomic E-state index is 14.5. The van der Waals surface area contributed by atoms with Crippen molar-refractivity contribution >= 4 is 11.9 Å². The summed E-state index contributed by atoms with van der Waals surface area (Å²) < 4.78 is 26.3. The van der Waals surface area contributed by atoms with Crippen molar-refractivity contribution in [1.29, 1.82) is 0 Å². The number of anilines is 1. The van der Waals surface area contributed by atoms with Gasteiger partial charge in [0.05, 0.1) is 6.20 Å². The lowest BCUT2D eigenvalue weighted by Gasteiger charge is -2.31. The third kappa shape index (κ3) is 6.61. The normalized spacial score (nSPS) is 24.1. The fourth-order valence-electron chi connectivity index (χ4n) is 7.38. The molecular weight excluding hydrogens is 545 g/mol. The van der Waals surface area contributed by atoms with Crippen LogP contribution in [0.1, 0.15) is 63.9 Å². The van der Waals surface area contributed by atoms with Gasteiger partial charge in [0.1, 0.15) is 24.0 Å². The highest BCUT2D eigenvalue weighted by Crippen LogP contribution is 2.45. The molecule has 8 nitrogen and oxygen atoms in total. The van der Waals surface area contributed by atoms with Gasteiger partial charge in [0.15, 0.2) is 11.6 Å². The van der Waals surface area contributed by atoms with Crippen LogP contribution in [0.2, 0.25) is 0 Å². The number of likely N-dealkylation sites (tertiary alicyclic amines) is 1. The first-order valence-electron chi connectivity index (χ1n) is 15.6. The molecular formula is C34H42FN5O3. The van der Waals surface area contributed by atoms with E-state index in [1.165, 1.54) is 12.5 Å². The van der Waals surface area contributed by atoms with Crippen LogP contribution in [0.4, 0.5) is 15.0 Å². The van der Waals surface area contributed by atoms with Gasteiger partial charge in [-0.3, -0.25) is 0 Å². The molecule has 3 fully saturated rings. The Morgan fingerprint density at radius 3 is 2.63 bits per heavy atom. The highest BCUT2D eigenvalue weighted by atomic mass is 19.1. The van der Waals surface area contributed by atoms with E-state index in [-0.39, 0.29) is 23.3 Å². The molecule has 1 amide bonds. The predicted octanol–water partition coefficient (Wildman–Crippen LogP) is 6.75. The van der Waals surface area contributed by atoms with E-state index in [2.05, 4.69) is 39.7 Å². The number of hydrogen-bond acceptors (Lipinski definition) is 7. The van der Waals surface area contributed by atoms with Gasteiger partial charge in [-0.1, -0.05) is 38.1 Å². The van der Waals surface area contributed by atoms with E-state index in [1.54, 1.807) is 24.7 Å². The van der Waals surface area contributed by atoms with Gasteiger partial charge >= 0.3 is 6.09 Å². The van der Waals surface area contributed by atoms with Crippen LogP contribution in [0, 0.1) is 17.2 Å². The highest BCUT2D eigenvalue weighted by molar-refractivity contribution is 5.75. The minimum Gasteiger partial charge on any atom is -0.451 e. The second-order valence-electron chi connectivity index (χ2n) is 12.9. The molecule has 0 bridgehead atoms. The summed E-state index contributed by atoms with van der Waals surface area (Å²) in [6, 6.07) is 12.8. The van der Waals surface area contributed by atoms with Gasteiger partial charge in [0.25, 0.3) is 0 Å². The smallest absolute Gasteiger partial charge is 0.404 e. The standard InChI is InChI=1S/C34H42FN5O3/c1-23(2)27-5-3-4-6-28(27)29-17-25(35)9-12-30(29)43-31-18-37-22-38-32(31)40-16-14-34(21-40)13-15-39(20-34)19-24-7-10-26(11-8-24)42-33(36)41/h3-6,9,12,17-18,22-24,26H,7-8,10-11,13-16,19-21H2,1-2H3,(H2,36,41). The number of nitrogens with two attached hydrogens (primary N) is 1. The molecule has 1 atom stereocenters. The first kappa shape index (κ1) is 29.4. The summed E-state index contributed by atoms with van der Waals surface area (Å²) in [6.45, 7) is 9.38. The fourth-order valence-corrected chi connectivity index (χ4v) is 7.38. The van der Waals surface area contributed by atoms with Gasteiger partial charge in [-0.15, -0.1) is 0 Å². The van der Waals surface area contributed by atoms with E-state index in [4.69, 9.17) is 15.2 Å². The summed E-state index contributed by atoms with van der Waals surface area (Å²) in [5.41, 5.74) is 8.26. The Balaban J connectivity index is 1.14. The Morgan fingerprint density at radius 2 is 1.84 bits per heavy atom.